The predicted molar refractivity (Wildman–Crippen MR) is 129 cm³/mol. The predicted octanol–water partition coefficient (Wildman–Crippen LogP) is 7.87. The van der Waals surface area contributed by atoms with E-state index in [1.54, 1.807) is 0 Å². The summed E-state index contributed by atoms with van der Waals surface area (Å²) in [4.78, 5) is 11.6. The Morgan fingerprint density at radius 1 is 0.839 bits per heavy atom. The summed E-state index contributed by atoms with van der Waals surface area (Å²) in [5, 5.41) is 2.37. The molecule has 0 amide bonds. The zero-order chi connectivity index (χ0) is 22.4. The highest BCUT2D eigenvalue weighted by Gasteiger charge is 2.36. The summed E-state index contributed by atoms with van der Waals surface area (Å²) >= 11 is 0. The summed E-state index contributed by atoms with van der Waals surface area (Å²) in [6, 6.07) is 20.0. The van der Waals surface area contributed by atoms with E-state index in [9.17, 15) is 4.79 Å². The quantitative estimate of drug-likeness (QED) is 0.406. The fourth-order valence-corrected chi connectivity index (χ4v) is 4.81. The van der Waals surface area contributed by atoms with Crippen molar-refractivity contribution in [1.82, 2.24) is 0 Å². The number of hydrogen-bond acceptors (Lipinski definition) is 2. The summed E-state index contributed by atoms with van der Waals surface area (Å²) in [5.74, 6) is -0.165. The van der Waals surface area contributed by atoms with Gasteiger partial charge in [-0.1, -0.05) is 77.1 Å². The van der Waals surface area contributed by atoms with Gasteiger partial charge in [-0.15, -0.1) is 0 Å². The van der Waals surface area contributed by atoms with Crippen LogP contribution in [0, 0.1) is 0 Å². The fraction of sp³-hybridized carbons (Fsp3) is 0.414. The molecule has 31 heavy (non-hydrogen) atoms. The minimum atomic E-state index is -0.234. The van der Waals surface area contributed by atoms with E-state index in [-0.39, 0.29) is 22.9 Å². The number of carbonyl (C=O) groups is 1. The first kappa shape index (κ1) is 21.6. The van der Waals surface area contributed by atoms with Gasteiger partial charge in [0.05, 0.1) is 0 Å². The first-order valence-corrected chi connectivity index (χ1v) is 11.5. The molecular formula is C29H34O2. The number of fused-ring (bicyclic) bond motifs is 2. The molecule has 0 saturated carbocycles. The average Bonchev–Trinajstić information content (AvgIpc) is 2.76. The maximum Gasteiger partial charge on any atom is 0.306 e. The first-order valence-electron chi connectivity index (χ1n) is 11.5. The van der Waals surface area contributed by atoms with Crippen molar-refractivity contribution < 1.29 is 9.53 Å². The monoisotopic (exact) mass is 414 g/mol. The van der Waals surface area contributed by atoms with Crippen molar-refractivity contribution in [3.05, 3.63) is 71.3 Å². The smallest absolute Gasteiger partial charge is 0.306 e. The lowest BCUT2D eigenvalue weighted by Crippen LogP contribution is -2.33. The Kier molecular flexibility index (Phi) is 5.45. The molecule has 0 aromatic heterocycles. The fourth-order valence-electron chi connectivity index (χ4n) is 4.81. The Morgan fingerprint density at radius 3 is 2.13 bits per heavy atom. The maximum atomic E-state index is 11.6. The van der Waals surface area contributed by atoms with Gasteiger partial charge in [0.2, 0.25) is 0 Å². The molecule has 0 fully saturated rings. The van der Waals surface area contributed by atoms with Gasteiger partial charge < -0.3 is 4.74 Å². The van der Waals surface area contributed by atoms with E-state index in [0.717, 1.165) is 5.56 Å². The van der Waals surface area contributed by atoms with Crippen LogP contribution in [0.4, 0.5) is 0 Å². The molecule has 0 radical (unpaired) electrons. The van der Waals surface area contributed by atoms with Crippen LogP contribution in [0.15, 0.2) is 54.6 Å². The molecule has 1 aliphatic carbocycles. The number of benzene rings is 3. The lowest BCUT2D eigenvalue weighted by molar-refractivity contribution is -0.148. The third kappa shape index (κ3) is 4.13. The zero-order valence-electron chi connectivity index (χ0n) is 19.7. The van der Waals surface area contributed by atoms with E-state index < -0.39 is 0 Å². The minimum Gasteiger partial charge on any atom is -0.458 e. The van der Waals surface area contributed by atoms with Crippen molar-refractivity contribution in [3.8, 4) is 11.1 Å². The molecule has 3 aromatic rings. The third-order valence-electron chi connectivity index (χ3n) is 7.12. The lowest BCUT2D eigenvalue weighted by atomic mass is 9.63. The van der Waals surface area contributed by atoms with E-state index in [0.29, 0.717) is 6.42 Å². The van der Waals surface area contributed by atoms with Crippen molar-refractivity contribution in [2.45, 2.75) is 77.7 Å². The standard InChI is InChI=1S/C29H34O2/c1-7-27(30)31-19(2)20-8-9-22-17-23(11-10-21(22)16-20)24-12-13-25-26(18-24)29(5,6)15-14-28(25,3)4/h8-13,16-19H,7,14-15H2,1-6H3. The Bertz CT molecular complexity index is 1140. The number of esters is 1. The topological polar surface area (TPSA) is 26.3 Å². The van der Waals surface area contributed by atoms with E-state index in [2.05, 4.69) is 82.3 Å². The summed E-state index contributed by atoms with van der Waals surface area (Å²) < 4.78 is 5.48. The molecule has 3 aromatic carbocycles. The van der Waals surface area contributed by atoms with E-state index in [4.69, 9.17) is 4.74 Å². The third-order valence-corrected chi connectivity index (χ3v) is 7.12. The van der Waals surface area contributed by atoms with Crippen LogP contribution in [0.25, 0.3) is 21.9 Å². The minimum absolute atomic E-state index is 0.165. The second-order valence-corrected chi connectivity index (χ2v) is 10.3. The molecule has 0 aliphatic heterocycles. The van der Waals surface area contributed by atoms with Crippen LogP contribution in [0.5, 0.6) is 0 Å². The van der Waals surface area contributed by atoms with Crippen LogP contribution in [0.3, 0.4) is 0 Å². The highest BCUT2D eigenvalue weighted by molar-refractivity contribution is 5.88. The van der Waals surface area contributed by atoms with Gasteiger partial charge in [0.25, 0.3) is 0 Å². The van der Waals surface area contributed by atoms with Crippen LogP contribution in [-0.4, -0.2) is 5.97 Å². The molecule has 1 unspecified atom stereocenters. The SMILES string of the molecule is CCC(=O)OC(C)c1ccc2cc(-c3ccc4c(c3)C(C)(C)CCC4(C)C)ccc2c1. The van der Waals surface area contributed by atoms with Crippen LogP contribution in [0.2, 0.25) is 0 Å². The molecule has 4 rings (SSSR count). The molecule has 2 nitrogen and oxygen atoms in total. The molecule has 0 bridgehead atoms. The lowest BCUT2D eigenvalue weighted by Gasteiger charge is -2.42. The van der Waals surface area contributed by atoms with Crippen molar-refractivity contribution in [2.24, 2.45) is 0 Å². The highest BCUT2D eigenvalue weighted by Crippen LogP contribution is 2.46. The van der Waals surface area contributed by atoms with Crippen molar-refractivity contribution in [1.29, 1.82) is 0 Å². The average molecular weight is 415 g/mol. The molecule has 0 spiro atoms. The highest BCUT2D eigenvalue weighted by atomic mass is 16.5. The first-order chi connectivity index (χ1) is 14.6. The van der Waals surface area contributed by atoms with Gasteiger partial charge in [0.15, 0.2) is 0 Å². The summed E-state index contributed by atoms with van der Waals surface area (Å²) in [7, 11) is 0. The summed E-state index contributed by atoms with van der Waals surface area (Å²) in [5.41, 5.74) is 6.98. The molecule has 0 heterocycles. The van der Waals surface area contributed by atoms with Crippen molar-refractivity contribution >= 4 is 16.7 Å². The molecule has 0 N–H and O–H groups in total. The number of hydrogen-bond donors (Lipinski definition) is 0. The maximum absolute atomic E-state index is 11.6. The van der Waals surface area contributed by atoms with Gasteiger partial charge in [-0.2, -0.15) is 0 Å². The largest absolute Gasteiger partial charge is 0.458 e. The van der Waals surface area contributed by atoms with E-state index in [1.165, 1.54) is 45.9 Å². The Balaban J connectivity index is 1.69. The second-order valence-electron chi connectivity index (χ2n) is 10.3. The summed E-state index contributed by atoms with van der Waals surface area (Å²) in [6.07, 6.45) is 2.62. The number of carbonyl (C=O) groups excluding carboxylic acids is 1. The van der Waals surface area contributed by atoms with Gasteiger partial charge >= 0.3 is 5.97 Å². The second kappa shape index (κ2) is 7.82. The Labute approximate surface area is 186 Å². The molecular weight excluding hydrogens is 380 g/mol. The molecule has 0 saturated heterocycles. The zero-order valence-corrected chi connectivity index (χ0v) is 19.7. The number of rotatable bonds is 4. The van der Waals surface area contributed by atoms with Gasteiger partial charge in [-0.05, 0) is 81.3 Å². The van der Waals surface area contributed by atoms with Gasteiger partial charge in [-0.25, -0.2) is 0 Å². The molecule has 1 atom stereocenters. The Morgan fingerprint density at radius 2 is 1.42 bits per heavy atom. The summed E-state index contributed by atoms with van der Waals surface area (Å²) in [6.45, 7) is 13.2. The normalized spacial score (nSPS) is 17.7. The Hall–Kier alpha value is -2.61. The number of ether oxygens (including phenoxy) is 1. The van der Waals surface area contributed by atoms with Gasteiger partial charge in [0, 0.05) is 6.42 Å². The molecule has 1 aliphatic rings. The van der Waals surface area contributed by atoms with Crippen LogP contribution in [-0.2, 0) is 20.4 Å². The van der Waals surface area contributed by atoms with Gasteiger partial charge in [-0.3, -0.25) is 4.79 Å². The van der Waals surface area contributed by atoms with Gasteiger partial charge in [0.1, 0.15) is 6.10 Å². The molecule has 2 heteroatoms. The van der Waals surface area contributed by atoms with Crippen LogP contribution < -0.4 is 0 Å². The van der Waals surface area contributed by atoms with Crippen LogP contribution >= 0.6 is 0 Å². The van der Waals surface area contributed by atoms with E-state index >= 15 is 0 Å². The van der Waals surface area contributed by atoms with Crippen LogP contribution in [0.1, 0.15) is 83.6 Å². The van der Waals surface area contributed by atoms with Crippen molar-refractivity contribution in [3.63, 3.8) is 0 Å². The van der Waals surface area contributed by atoms with Crippen molar-refractivity contribution in [2.75, 3.05) is 0 Å². The molecule has 162 valence electrons. The van der Waals surface area contributed by atoms with E-state index in [1.807, 2.05) is 13.8 Å².